The third kappa shape index (κ3) is 5.63. The minimum absolute atomic E-state index is 0.113. The molecule has 202 valence electrons. The lowest BCUT2D eigenvalue weighted by molar-refractivity contribution is -0.191. The highest BCUT2D eigenvalue weighted by Crippen LogP contribution is 2.34. The van der Waals surface area contributed by atoms with Crippen LogP contribution in [0.5, 0.6) is 0 Å². The first-order valence-electron chi connectivity index (χ1n) is 13.3. The fourth-order valence-corrected chi connectivity index (χ4v) is 4.96. The van der Waals surface area contributed by atoms with Crippen LogP contribution in [0.3, 0.4) is 0 Å². The van der Waals surface area contributed by atoms with E-state index in [0.29, 0.717) is 17.4 Å². The van der Waals surface area contributed by atoms with E-state index >= 15 is 0 Å². The van der Waals surface area contributed by atoms with Gasteiger partial charge in [-0.1, -0.05) is 54.6 Å². The summed E-state index contributed by atoms with van der Waals surface area (Å²) in [5, 5.41) is 8.72. The Morgan fingerprint density at radius 3 is 2.35 bits per heavy atom. The molecule has 0 radical (unpaired) electrons. The lowest BCUT2D eigenvalue weighted by Gasteiger charge is -2.12. The Morgan fingerprint density at radius 2 is 1.68 bits per heavy atom. The first-order valence-corrected chi connectivity index (χ1v) is 13.3. The van der Waals surface area contributed by atoms with E-state index < -0.39 is 0 Å². The average Bonchev–Trinajstić information content (AvgIpc) is 3.66. The molecule has 2 heterocycles. The van der Waals surface area contributed by atoms with Gasteiger partial charge in [0.25, 0.3) is 5.91 Å². The normalized spacial score (nSPS) is 13.3. The zero-order chi connectivity index (χ0) is 28.2. The summed E-state index contributed by atoms with van der Waals surface area (Å²) < 4.78 is 4.25. The number of aromatic nitrogens is 4. The van der Waals surface area contributed by atoms with Crippen molar-refractivity contribution in [2.75, 3.05) is 0 Å². The quantitative estimate of drug-likeness (QED) is 0.285. The Balaban J connectivity index is 0.00000103. The molecule has 1 saturated carbocycles. The lowest BCUT2D eigenvalue weighted by atomic mass is 10.0. The number of amides is 1. The minimum atomic E-state index is -0.255. The van der Waals surface area contributed by atoms with E-state index in [1.54, 1.807) is 6.33 Å². The molecular weight excluding hydrogens is 502 g/mol. The standard InChI is InChI=1S/C31H31N5O.CO2/c1-20-22(3)35(18-23-9-11-25(12-10-23)24-7-5-4-6-8-24)29-16-13-26(17-28(20)29)31(37)33-21(2)30-32-19-36(34-30)27-14-15-27;2-1-3/h4-13,16-17,19,21,27H,14-15,18H2,1-3H3,(H,33,37);/t21-;/m0./s1. The molecule has 1 aliphatic carbocycles. The molecule has 6 rings (SSSR count). The van der Waals surface area contributed by atoms with Crippen molar-refractivity contribution >= 4 is 23.0 Å². The highest BCUT2D eigenvalue weighted by atomic mass is 16.2. The van der Waals surface area contributed by atoms with Crippen LogP contribution in [0.25, 0.3) is 22.0 Å². The maximum Gasteiger partial charge on any atom is 0.373 e. The highest BCUT2D eigenvalue weighted by molar-refractivity contribution is 5.99. The number of nitrogens with zero attached hydrogens (tertiary/aromatic N) is 4. The van der Waals surface area contributed by atoms with Gasteiger partial charge in [0, 0.05) is 28.7 Å². The van der Waals surface area contributed by atoms with Gasteiger partial charge in [0.2, 0.25) is 0 Å². The monoisotopic (exact) mass is 533 g/mol. The first kappa shape index (κ1) is 26.8. The summed E-state index contributed by atoms with van der Waals surface area (Å²) in [6.45, 7) is 6.99. The van der Waals surface area contributed by atoms with Crippen LogP contribution in [-0.4, -0.2) is 31.4 Å². The van der Waals surface area contributed by atoms with Crippen LogP contribution in [0, 0.1) is 13.8 Å². The second kappa shape index (κ2) is 11.5. The van der Waals surface area contributed by atoms with E-state index in [2.05, 4.69) is 88.4 Å². The number of benzene rings is 3. The molecule has 0 saturated heterocycles. The predicted octanol–water partition coefficient (Wildman–Crippen LogP) is 5.81. The van der Waals surface area contributed by atoms with Gasteiger partial charge in [0.1, 0.15) is 6.33 Å². The van der Waals surface area contributed by atoms with Gasteiger partial charge in [0.05, 0.1) is 12.1 Å². The van der Waals surface area contributed by atoms with E-state index in [9.17, 15) is 4.79 Å². The van der Waals surface area contributed by atoms with Crippen molar-refractivity contribution in [2.24, 2.45) is 0 Å². The number of rotatable bonds is 7. The molecule has 8 nitrogen and oxygen atoms in total. The summed E-state index contributed by atoms with van der Waals surface area (Å²) >= 11 is 0. The molecule has 0 unspecified atom stereocenters. The molecule has 5 aromatic rings. The van der Waals surface area contributed by atoms with E-state index in [1.807, 2.05) is 29.8 Å². The predicted molar refractivity (Wildman–Crippen MR) is 152 cm³/mol. The van der Waals surface area contributed by atoms with Gasteiger partial charge >= 0.3 is 6.15 Å². The first-order chi connectivity index (χ1) is 19.4. The molecule has 8 heteroatoms. The van der Waals surface area contributed by atoms with Crippen LogP contribution >= 0.6 is 0 Å². The number of aryl methyl sites for hydroxylation is 1. The molecule has 1 atom stereocenters. The van der Waals surface area contributed by atoms with Crippen molar-refractivity contribution < 1.29 is 14.4 Å². The van der Waals surface area contributed by atoms with E-state index in [1.165, 1.54) is 27.9 Å². The van der Waals surface area contributed by atoms with Gasteiger partial charge in [-0.05, 0) is 74.1 Å². The molecule has 1 N–H and O–H groups in total. The van der Waals surface area contributed by atoms with Crippen LogP contribution < -0.4 is 5.32 Å². The molecule has 2 aromatic heterocycles. The van der Waals surface area contributed by atoms with Crippen LogP contribution in [0.4, 0.5) is 0 Å². The summed E-state index contributed by atoms with van der Waals surface area (Å²) in [4.78, 5) is 33.7. The lowest BCUT2D eigenvalue weighted by Crippen LogP contribution is -2.27. The fraction of sp³-hybridized carbons (Fsp3) is 0.250. The minimum Gasteiger partial charge on any atom is -0.342 e. The molecule has 1 amide bonds. The van der Waals surface area contributed by atoms with Crippen molar-refractivity contribution in [3.05, 3.63) is 107 Å². The van der Waals surface area contributed by atoms with Crippen LogP contribution in [0.1, 0.15) is 64.9 Å². The maximum atomic E-state index is 13.1. The third-order valence-corrected chi connectivity index (χ3v) is 7.49. The summed E-state index contributed by atoms with van der Waals surface area (Å²) in [7, 11) is 0. The maximum absolute atomic E-state index is 13.1. The smallest absolute Gasteiger partial charge is 0.342 e. The van der Waals surface area contributed by atoms with Gasteiger partial charge in [-0.2, -0.15) is 14.7 Å². The summed E-state index contributed by atoms with van der Waals surface area (Å²) in [6, 6.07) is 25.4. The van der Waals surface area contributed by atoms with Crippen LogP contribution in [0.2, 0.25) is 0 Å². The Kier molecular flexibility index (Phi) is 7.71. The number of carbonyl (C=O) groups is 1. The number of nitrogens with one attached hydrogen (secondary N) is 1. The van der Waals surface area contributed by atoms with Crippen molar-refractivity contribution in [2.45, 2.75) is 52.2 Å². The van der Waals surface area contributed by atoms with Crippen molar-refractivity contribution in [1.82, 2.24) is 24.6 Å². The number of carbonyl (C=O) groups excluding carboxylic acids is 3. The SMILES string of the molecule is Cc1c(C)n(Cc2ccc(-c3ccccc3)cc2)c2ccc(C(=O)N[C@@H](C)c3ncn(C4CC4)n3)cc12.O=C=O. The van der Waals surface area contributed by atoms with Gasteiger partial charge in [0.15, 0.2) is 5.82 Å². The Bertz CT molecular complexity index is 1680. The molecule has 0 bridgehead atoms. The molecule has 0 spiro atoms. The van der Waals surface area contributed by atoms with Crippen LogP contribution in [-0.2, 0) is 16.1 Å². The Morgan fingerprint density at radius 1 is 1.00 bits per heavy atom. The molecule has 0 aliphatic heterocycles. The Labute approximate surface area is 232 Å². The van der Waals surface area contributed by atoms with Gasteiger partial charge in [-0.25, -0.2) is 9.67 Å². The van der Waals surface area contributed by atoms with E-state index in [0.717, 1.165) is 30.3 Å². The second-order valence-corrected chi connectivity index (χ2v) is 10.2. The van der Waals surface area contributed by atoms with Gasteiger partial charge in [-0.3, -0.25) is 4.79 Å². The zero-order valence-electron chi connectivity index (χ0n) is 22.8. The van der Waals surface area contributed by atoms with Crippen LogP contribution in [0.15, 0.2) is 79.1 Å². The molecule has 40 heavy (non-hydrogen) atoms. The Hall–Kier alpha value is -4.81. The molecule has 3 aromatic carbocycles. The fourth-order valence-electron chi connectivity index (χ4n) is 4.96. The van der Waals surface area contributed by atoms with Crippen molar-refractivity contribution in [3.8, 4) is 11.1 Å². The van der Waals surface area contributed by atoms with Gasteiger partial charge in [-0.15, -0.1) is 0 Å². The van der Waals surface area contributed by atoms with E-state index in [4.69, 9.17) is 9.59 Å². The van der Waals surface area contributed by atoms with Crippen molar-refractivity contribution in [1.29, 1.82) is 0 Å². The molecular formula is C32H31N5O3. The number of hydrogen-bond acceptors (Lipinski definition) is 5. The van der Waals surface area contributed by atoms with E-state index in [-0.39, 0.29) is 18.1 Å². The topological polar surface area (TPSA) is 98.9 Å². The molecule has 1 aliphatic rings. The average molecular weight is 534 g/mol. The highest BCUT2D eigenvalue weighted by Gasteiger charge is 2.26. The number of fused-ring (bicyclic) bond motifs is 1. The molecule has 1 fully saturated rings. The summed E-state index contributed by atoms with van der Waals surface area (Å²) in [5.74, 6) is 0.538. The summed E-state index contributed by atoms with van der Waals surface area (Å²) in [6.07, 6.45) is 4.33. The number of hydrogen-bond donors (Lipinski definition) is 1. The summed E-state index contributed by atoms with van der Waals surface area (Å²) in [5.41, 5.74) is 7.87. The third-order valence-electron chi connectivity index (χ3n) is 7.49. The van der Waals surface area contributed by atoms with Crippen molar-refractivity contribution in [3.63, 3.8) is 0 Å². The second-order valence-electron chi connectivity index (χ2n) is 10.2. The zero-order valence-corrected chi connectivity index (χ0v) is 22.8. The largest absolute Gasteiger partial charge is 0.373 e. The van der Waals surface area contributed by atoms with Gasteiger partial charge < -0.3 is 9.88 Å².